The molecule has 0 amide bonds. The first kappa shape index (κ1) is 19.5. The van der Waals surface area contributed by atoms with Crippen LogP contribution in [-0.4, -0.2) is 33.9 Å². The minimum atomic E-state index is -4.65. The molecule has 18 heavy (non-hydrogen) atoms. The van der Waals surface area contributed by atoms with Crippen LogP contribution in [0.5, 0.6) is 0 Å². The van der Waals surface area contributed by atoms with E-state index in [0.717, 1.165) is 5.69 Å². The smallest absolute Gasteiger partial charge is 0.728 e. The minimum Gasteiger partial charge on any atom is -0.728 e. The summed E-state index contributed by atoms with van der Waals surface area (Å²) in [6.07, 6.45) is 0. The third-order valence-electron chi connectivity index (χ3n) is 1.62. The number of rotatable bonds is 3. The first-order valence-corrected chi connectivity index (χ1v) is 5.70. The molecule has 0 bridgehead atoms. The Balaban J connectivity index is 0. The second-order valence-corrected chi connectivity index (χ2v) is 4.04. The molecule has 0 heterocycles. The quantitative estimate of drug-likeness (QED) is 0.366. The molecular formula is C9H12N3NaO4S. The van der Waals surface area contributed by atoms with Gasteiger partial charge in [-0.15, -0.1) is 5.11 Å². The Labute approximate surface area is 128 Å². The third-order valence-corrected chi connectivity index (χ3v) is 1.90. The predicted octanol–water partition coefficient (Wildman–Crippen LogP) is -1.88. The zero-order valence-corrected chi connectivity index (χ0v) is 13.2. The fourth-order valence-electron chi connectivity index (χ4n) is 0.915. The fraction of sp³-hybridized carbons (Fsp3) is 0.222. The standard InChI is InChI=1S/C8H11N3O3S.CH2O.Na/c1-11(2)8-5-3-7(4-6-8)9-10-15(12,13)14;1-2;/h3-6H,1-2H3,(H,12,13,14);1H2;/q;;+1/p-1/b10-9+;;. The van der Waals surface area contributed by atoms with Gasteiger partial charge in [-0.2, -0.15) is 0 Å². The number of anilines is 1. The summed E-state index contributed by atoms with van der Waals surface area (Å²) in [5.41, 5.74) is 1.26. The molecule has 0 spiro atoms. The molecule has 7 nitrogen and oxygen atoms in total. The molecule has 0 saturated carbocycles. The van der Waals surface area contributed by atoms with Crippen LogP contribution >= 0.6 is 0 Å². The number of hydrogen-bond acceptors (Lipinski definition) is 6. The van der Waals surface area contributed by atoms with Crippen LogP contribution in [0.1, 0.15) is 0 Å². The molecule has 0 unspecified atom stereocenters. The molecule has 0 saturated heterocycles. The van der Waals surface area contributed by atoms with E-state index in [4.69, 9.17) is 4.79 Å². The van der Waals surface area contributed by atoms with Crippen LogP contribution in [0.15, 0.2) is 33.9 Å². The summed E-state index contributed by atoms with van der Waals surface area (Å²) in [5, 5.41) is 3.28. The summed E-state index contributed by atoms with van der Waals surface area (Å²) < 4.78 is 33.1. The minimum absolute atomic E-state index is 0. The molecule has 94 valence electrons. The first-order chi connectivity index (χ1) is 7.88. The van der Waals surface area contributed by atoms with Crippen molar-refractivity contribution in [3.8, 4) is 0 Å². The molecule has 9 heteroatoms. The number of nitrogens with zero attached hydrogens (tertiary/aromatic N) is 3. The molecule has 1 aromatic carbocycles. The van der Waals surface area contributed by atoms with E-state index in [9.17, 15) is 13.0 Å². The zero-order valence-electron chi connectivity index (χ0n) is 10.4. The van der Waals surface area contributed by atoms with Gasteiger partial charge < -0.3 is 14.2 Å². The van der Waals surface area contributed by atoms with E-state index in [2.05, 4.69) is 9.63 Å². The average Bonchev–Trinajstić information content (AvgIpc) is 2.29. The Kier molecular flexibility index (Phi) is 9.96. The molecule has 0 fully saturated rings. The topological polar surface area (TPSA) is 102 Å². The van der Waals surface area contributed by atoms with Gasteiger partial charge in [0.2, 0.25) is 10.3 Å². The van der Waals surface area contributed by atoms with Gasteiger partial charge in [0.15, 0.2) is 0 Å². The summed E-state index contributed by atoms with van der Waals surface area (Å²) in [6.45, 7) is 2.00. The maximum Gasteiger partial charge on any atom is 1.00 e. The van der Waals surface area contributed by atoms with E-state index >= 15 is 0 Å². The molecular weight excluding hydrogens is 269 g/mol. The second-order valence-electron chi connectivity index (χ2n) is 3.02. The first-order valence-electron chi connectivity index (χ1n) is 4.33. The van der Waals surface area contributed by atoms with Crippen LogP contribution < -0.4 is 34.5 Å². The molecule has 0 aromatic heterocycles. The number of benzene rings is 1. The summed E-state index contributed by atoms with van der Waals surface area (Å²) in [6, 6.07) is 6.63. The van der Waals surface area contributed by atoms with Gasteiger partial charge in [-0.05, 0) is 24.3 Å². The zero-order chi connectivity index (χ0) is 13.5. The Morgan fingerprint density at radius 1 is 1.17 bits per heavy atom. The van der Waals surface area contributed by atoms with Crippen molar-refractivity contribution in [3.63, 3.8) is 0 Å². The SMILES string of the molecule is C=O.CN(C)c1ccc(/N=N/S(=O)(=O)[O-])cc1.[Na+]. The van der Waals surface area contributed by atoms with Crippen molar-refractivity contribution in [1.29, 1.82) is 0 Å². The third kappa shape index (κ3) is 8.31. The van der Waals surface area contributed by atoms with Gasteiger partial charge in [0.1, 0.15) is 6.79 Å². The van der Waals surface area contributed by atoms with Crippen LogP contribution in [0, 0.1) is 0 Å². The summed E-state index contributed by atoms with van der Waals surface area (Å²) >= 11 is 0. The van der Waals surface area contributed by atoms with Gasteiger partial charge in [0.05, 0.1) is 5.69 Å². The molecule has 0 aliphatic carbocycles. The summed E-state index contributed by atoms with van der Waals surface area (Å²) in [5.74, 6) is 0. The van der Waals surface area contributed by atoms with Gasteiger partial charge in [0.25, 0.3) is 0 Å². The van der Waals surface area contributed by atoms with E-state index in [1.807, 2.05) is 25.8 Å². The molecule has 0 radical (unpaired) electrons. The van der Waals surface area contributed by atoms with Crippen LogP contribution in [0.3, 0.4) is 0 Å². The van der Waals surface area contributed by atoms with Gasteiger partial charge in [-0.1, -0.05) is 4.52 Å². The van der Waals surface area contributed by atoms with E-state index in [1.165, 1.54) is 0 Å². The van der Waals surface area contributed by atoms with Gasteiger partial charge in [-0.25, -0.2) is 8.42 Å². The van der Waals surface area contributed by atoms with E-state index in [-0.39, 0.29) is 29.6 Å². The molecule has 1 rings (SSSR count). The van der Waals surface area contributed by atoms with Crippen LogP contribution in [0.4, 0.5) is 11.4 Å². The predicted molar refractivity (Wildman–Crippen MR) is 62.1 cm³/mol. The summed E-state index contributed by atoms with van der Waals surface area (Å²) in [4.78, 5) is 9.88. The van der Waals surface area contributed by atoms with Crippen LogP contribution in [-0.2, 0) is 15.1 Å². The molecule has 1 aromatic rings. The van der Waals surface area contributed by atoms with Crippen molar-refractivity contribution >= 4 is 28.5 Å². The van der Waals surface area contributed by atoms with Crippen molar-refractivity contribution < 1.29 is 47.3 Å². The van der Waals surface area contributed by atoms with Crippen molar-refractivity contribution in [2.45, 2.75) is 0 Å². The normalized spacial score (nSPS) is 10.2. The average molecular weight is 281 g/mol. The van der Waals surface area contributed by atoms with Gasteiger partial charge in [0, 0.05) is 19.8 Å². The number of hydrogen-bond donors (Lipinski definition) is 0. The van der Waals surface area contributed by atoms with Crippen molar-refractivity contribution in [1.82, 2.24) is 0 Å². The fourth-order valence-corrected chi connectivity index (χ4v) is 1.11. The summed E-state index contributed by atoms with van der Waals surface area (Å²) in [7, 11) is -0.904. The largest absolute Gasteiger partial charge is 1.00 e. The number of carbonyl (C=O) groups is 1. The van der Waals surface area contributed by atoms with Gasteiger partial charge >= 0.3 is 29.6 Å². The Bertz CT molecular complexity index is 473. The second kappa shape index (κ2) is 9.17. The maximum atomic E-state index is 10.2. The molecule has 0 aliphatic heterocycles. The number of carbonyl (C=O) groups excluding carboxylic acids is 1. The molecule has 0 N–H and O–H groups in total. The van der Waals surface area contributed by atoms with E-state index < -0.39 is 10.3 Å². The van der Waals surface area contributed by atoms with Crippen molar-refractivity contribution in [3.05, 3.63) is 24.3 Å². The Hall–Kier alpha value is -0.800. The van der Waals surface area contributed by atoms with Crippen molar-refractivity contribution in [2.24, 2.45) is 9.63 Å². The maximum absolute atomic E-state index is 10.2. The van der Waals surface area contributed by atoms with Crippen molar-refractivity contribution in [2.75, 3.05) is 19.0 Å². The van der Waals surface area contributed by atoms with E-state index in [1.54, 1.807) is 24.3 Å². The van der Waals surface area contributed by atoms with Gasteiger partial charge in [-0.3, -0.25) is 0 Å². The van der Waals surface area contributed by atoms with Crippen LogP contribution in [0.25, 0.3) is 0 Å². The van der Waals surface area contributed by atoms with E-state index in [0.29, 0.717) is 5.69 Å². The molecule has 0 aliphatic rings. The monoisotopic (exact) mass is 281 g/mol. The Morgan fingerprint density at radius 2 is 1.61 bits per heavy atom. The molecule has 0 atom stereocenters. The van der Waals surface area contributed by atoms with Crippen LogP contribution in [0.2, 0.25) is 0 Å². The Morgan fingerprint density at radius 3 is 1.94 bits per heavy atom.